The van der Waals surface area contributed by atoms with Crippen molar-refractivity contribution < 1.29 is 8.42 Å². The highest BCUT2D eigenvalue weighted by molar-refractivity contribution is 7.89. The van der Waals surface area contributed by atoms with E-state index < -0.39 is 10.0 Å². The lowest BCUT2D eigenvalue weighted by Gasteiger charge is -2.16. The van der Waals surface area contributed by atoms with Crippen LogP contribution < -0.4 is 15.4 Å². The van der Waals surface area contributed by atoms with E-state index in [1.54, 1.807) is 30.6 Å². The fraction of sp³-hybridized carbons (Fsp3) is 0.333. The highest BCUT2D eigenvalue weighted by Gasteiger charge is 2.16. The highest BCUT2D eigenvalue weighted by Crippen LogP contribution is 2.21. The van der Waals surface area contributed by atoms with Gasteiger partial charge in [0.1, 0.15) is 0 Å². The molecule has 1 aromatic heterocycles. The van der Waals surface area contributed by atoms with E-state index in [0.29, 0.717) is 11.9 Å². The van der Waals surface area contributed by atoms with E-state index in [0.717, 1.165) is 30.9 Å². The van der Waals surface area contributed by atoms with Gasteiger partial charge in [0.25, 0.3) is 0 Å². The molecule has 3 N–H and O–H groups in total. The predicted molar refractivity (Wildman–Crippen MR) is 89.9 cm³/mol. The standard InChI is InChI=1S/C15H19N5O2S/c21-23(22,20-10-9-19-15-17-6-2-7-18-15)14-4-1-3-12-11-16-8-5-13(12)14/h1,3-5,8,11,20H,2,6-7,9-10H2,(H2,17,18,19). The fourth-order valence-electron chi connectivity index (χ4n) is 2.42. The number of rotatable bonds is 5. The molecule has 7 nitrogen and oxygen atoms in total. The van der Waals surface area contributed by atoms with Crippen LogP contribution in [0.15, 0.2) is 46.5 Å². The first kappa shape index (κ1) is 15.7. The molecule has 3 rings (SSSR count). The molecule has 122 valence electrons. The molecule has 2 aromatic rings. The Labute approximate surface area is 135 Å². The summed E-state index contributed by atoms with van der Waals surface area (Å²) < 4.78 is 27.6. The topological polar surface area (TPSA) is 95.5 Å². The Morgan fingerprint density at radius 1 is 1.22 bits per heavy atom. The van der Waals surface area contributed by atoms with Crippen LogP contribution in [0.4, 0.5) is 0 Å². The van der Waals surface area contributed by atoms with Gasteiger partial charge in [0.15, 0.2) is 5.96 Å². The number of hydrogen-bond acceptors (Lipinski definition) is 6. The largest absolute Gasteiger partial charge is 0.356 e. The van der Waals surface area contributed by atoms with Gasteiger partial charge >= 0.3 is 0 Å². The maximum Gasteiger partial charge on any atom is 0.241 e. The molecule has 1 aromatic carbocycles. The van der Waals surface area contributed by atoms with Gasteiger partial charge in [0.05, 0.1) is 4.90 Å². The van der Waals surface area contributed by atoms with Gasteiger partial charge in [-0.15, -0.1) is 0 Å². The van der Waals surface area contributed by atoms with Gasteiger partial charge in [-0.05, 0) is 18.6 Å². The van der Waals surface area contributed by atoms with Gasteiger partial charge in [-0.3, -0.25) is 9.98 Å². The zero-order chi connectivity index (χ0) is 16.1. The van der Waals surface area contributed by atoms with Gasteiger partial charge < -0.3 is 10.6 Å². The first-order valence-electron chi connectivity index (χ1n) is 7.51. The van der Waals surface area contributed by atoms with Crippen LogP contribution >= 0.6 is 0 Å². The van der Waals surface area contributed by atoms with Crippen molar-refractivity contribution in [3.05, 3.63) is 36.7 Å². The minimum atomic E-state index is -3.57. The number of sulfonamides is 1. The molecule has 1 aliphatic heterocycles. The van der Waals surface area contributed by atoms with E-state index in [9.17, 15) is 8.42 Å². The molecule has 0 saturated carbocycles. The molecule has 1 aliphatic rings. The first-order chi connectivity index (χ1) is 11.2. The lowest BCUT2D eigenvalue weighted by Crippen LogP contribution is -2.43. The maximum atomic E-state index is 12.5. The van der Waals surface area contributed by atoms with Crippen molar-refractivity contribution in [2.75, 3.05) is 26.2 Å². The van der Waals surface area contributed by atoms with Crippen molar-refractivity contribution in [1.82, 2.24) is 20.3 Å². The van der Waals surface area contributed by atoms with Crippen LogP contribution in [0.5, 0.6) is 0 Å². The Morgan fingerprint density at radius 2 is 2.13 bits per heavy atom. The highest BCUT2D eigenvalue weighted by atomic mass is 32.2. The Morgan fingerprint density at radius 3 is 2.96 bits per heavy atom. The summed E-state index contributed by atoms with van der Waals surface area (Å²) in [6.45, 7) is 2.44. The van der Waals surface area contributed by atoms with Gasteiger partial charge in [-0.25, -0.2) is 13.1 Å². The summed E-state index contributed by atoms with van der Waals surface area (Å²) in [5, 5.41) is 7.68. The van der Waals surface area contributed by atoms with Crippen LogP contribution in [0.3, 0.4) is 0 Å². The van der Waals surface area contributed by atoms with Crippen molar-refractivity contribution in [3.8, 4) is 0 Å². The third-order valence-corrected chi connectivity index (χ3v) is 5.06. The number of pyridine rings is 1. The summed E-state index contributed by atoms with van der Waals surface area (Å²) >= 11 is 0. The molecule has 0 radical (unpaired) electrons. The molecule has 0 aliphatic carbocycles. The second-order valence-corrected chi connectivity index (χ2v) is 6.92. The number of fused-ring (bicyclic) bond motifs is 1. The summed E-state index contributed by atoms with van der Waals surface area (Å²) in [4.78, 5) is 8.56. The predicted octanol–water partition coefficient (Wildman–Crippen LogP) is 0.452. The van der Waals surface area contributed by atoms with E-state index in [4.69, 9.17) is 0 Å². The summed E-state index contributed by atoms with van der Waals surface area (Å²) in [6, 6.07) is 6.88. The second-order valence-electron chi connectivity index (χ2n) is 5.19. The number of hydrogen-bond donors (Lipinski definition) is 3. The number of nitrogens with zero attached hydrogens (tertiary/aromatic N) is 2. The number of aromatic nitrogens is 1. The van der Waals surface area contributed by atoms with Gasteiger partial charge in [-0.2, -0.15) is 0 Å². The van der Waals surface area contributed by atoms with E-state index in [2.05, 4.69) is 25.3 Å². The minimum absolute atomic E-state index is 0.269. The molecular formula is C15H19N5O2S. The van der Waals surface area contributed by atoms with Gasteiger partial charge in [-0.1, -0.05) is 12.1 Å². The molecule has 0 atom stereocenters. The number of guanidine groups is 1. The van der Waals surface area contributed by atoms with Gasteiger partial charge in [0.2, 0.25) is 10.0 Å². The van der Waals surface area contributed by atoms with E-state index in [1.165, 1.54) is 0 Å². The first-order valence-corrected chi connectivity index (χ1v) is 9.00. The van der Waals surface area contributed by atoms with Crippen molar-refractivity contribution in [2.24, 2.45) is 4.99 Å². The average Bonchev–Trinajstić information content (AvgIpc) is 2.59. The minimum Gasteiger partial charge on any atom is -0.356 e. The molecule has 8 heteroatoms. The zero-order valence-corrected chi connectivity index (χ0v) is 13.4. The Balaban J connectivity index is 1.65. The molecule has 23 heavy (non-hydrogen) atoms. The molecular weight excluding hydrogens is 314 g/mol. The Kier molecular flexibility index (Phi) is 4.73. The van der Waals surface area contributed by atoms with E-state index in [-0.39, 0.29) is 11.4 Å². The molecule has 0 unspecified atom stereocenters. The summed E-state index contributed by atoms with van der Waals surface area (Å²) in [6.07, 6.45) is 4.27. The number of aliphatic imine (C=N–C) groups is 1. The summed E-state index contributed by atoms with van der Waals surface area (Å²) in [5.74, 6) is 0.728. The third kappa shape index (κ3) is 3.77. The van der Waals surface area contributed by atoms with Crippen LogP contribution in [0.25, 0.3) is 10.8 Å². The summed E-state index contributed by atoms with van der Waals surface area (Å²) in [7, 11) is -3.57. The lowest BCUT2D eigenvalue weighted by molar-refractivity contribution is 0.581. The summed E-state index contributed by atoms with van der Waals surface area (Å²) in [5.41, 5.74) is 0. The molecule has 0 fully saturated rings. The smallest absolute Gasteiger partial charge is 0.241 e. The molecule has 0 saturated heterocycles. The van der Waals surface area contributed by atoms with E-state index in [1.807, 2.05) is 6.07 Å². The van der Waals surface area contributed by atoms with Gasteiger partial charge in [0, 0.05) is 49.3 Å². The normalized spacial score (nSPS) is 15.0. The van der Waals surface area contributed by atoms with Crippen molar-refractivity contribution >= 4 is 26.8 Å². The quantitative estimate of drug-likeness (QED) is 0.691. The van der Waals surface area contributed by atoms with Crippen molar-refractivity contribution in [3.63, 3.8) is 0 Å². The van der Waals surface area contributed by atoms with E-state index >= 15 is 0 Å². The van der Waals surface area contributed by atoms with Crippen LogP contribution in [-0.2, 0) is 10.0 Å². The monoisotopic (exact) mass is 333 g/mol. The average molecular weight is 333 g/mol. The number of nitrogens with one attached hydrogen (secondary N) is 3. The van der Waals surface area contributed by atoms with Crippen LogP contribution in [0.2, 0.25) is 0 Å². The zero-order valence-electron chi connectivity index (χ0n) is 12.6. The molecule has 0 amide bonds. The SMILES string of the molecule is O=S(=O)(NCCNC1=NCCCN1)c1cccc2cnccc12. The Hall–Kier alpha value is -2.19. The van der Waals surface area contributed by atoms with Crippen molar-refractivity contribution in [2.45, 2.75) is 11.3 Å². The van der Waals surface area contributed by atoms with Crippen LogP contribution in [-0.4, -0.2) is 45.5 Å². The maximum absolute atomic E-state index is 12.5. The van der Waals surface area contributed by atoms with Crippen LogP contribution in [0.1, 0.15) is 6.42 Å². The second kappa shape index (κ2) is 6.93. The fourth-order valence-corrected chi connectivity index (χ4v) is 3.68. The lowest BCUT2D eigenvalue weighted by atomic mass is 10.2. The number of benzene rings is 1. The molecule has 0 spiro atoms. The van der Waals surface area contributed by atoms with Crippen molar-refractivity contribution in [1.29, 1.82) is 0 Å². The van der Waals surface area contributed by atoms with Crippen LogP contribution in [0, 0.1) is 0 Å². The molecule has 0 bridgehead atoms. The Bertz CT molecular complexity index is 814. The molecule has 2 heterocycles. The third-order valence-electron chi connectivity index (χ3n) is 3.54.